The number of nitrogens with zero attached hydrogens (tertiary/aromatic N) is 4. The first kappa shape index (κ1) is 29.7. The van der Waals surface area contributed by atoms with E-state index in [1.54, 1.807) is 37.4 Å². The fourth-order valence-corrected chi connectivity index (χ4v) is 6.38. The van der Waals surface area contributed by atoms with E-state index in [4.69, 9.17) is 14.5 Å². The third kappa shape index (κ3) is 5.66. The number of methoxy groups -OCH3 is 1. The van der Waals surface area contributed by atoms with Crippen molar-refractivity contribution in [2.45, 2.75) is 69.7 Å². The fourth-order valence-electron chi connectivity index (χ4n) is 5.26. The number of ether oxygens (including phenoxy) is 2. The van der Waals surface area contributed by atoms with Crippen molar-refractivity contribution in [3.63, 3.8) is 0 Å². The maximum absolute atomic E-state index is 13.9. The lowest BCUT2D eigenvalue weighted by molar-refractivity contribution is -0.0712. The van der Waals surface area contributed by atoms with E-state index in [2.05, 4.69) is 9.82 Å². The molecule has 0 radical (unpaired) electrons. The first-order valence-corrected chi connectivity index (χ1v) is 15.2. The van der Waals surface area contributed by atoms with Crippen molar-refractivity contribution in [1.82, 2.24) is 19.5 Å². The summed E-state index contributed by atoms with van der Waals surface area (Å²) in [7, 11) is -2.92. The Morgan fingerprint density at radius 3 is 2.50 bits per heavy atom. The minimum absolute atomic E-state index is 0.0767. The van der Waals surface area contributed by atoms with Crippen LogP contribution >= 0.6 is 0 Å². The normalized spacial score (nSPS) is 17.6. The highest BCUT2D eigenvalue weighted by molar-refractivity contribution is 7.90. The second-order valence-electron chi connectivity index (χ2n) is 11.8. The molecule has 0 spiro atoms. The van der Waals surface area contributed by atoms with Gasteiger partial charge in [-0.25, -0.2) is 31.6 Å². The molecule has 13 heteroatoms. The second kappa shape index (κ2) is 10.5. The van der Waals surface area contributed by atoms with Crippen LogP contribution < -0.4 is 19.1 Å². The van der Waals surface area contributed by atoms with Gasteiger partial charge < -0.3 is 14.4 Å². The van der Waals surface area contributed by atoms with Crippen molar-refractivity contribution in [2.24, 2.45) is 5.41 Å². The Morgan fingerprint density at radius 1 is 1.14 bits per heavy atom. The van der Waals surface area contributed by atoms with Gasteiger partial charge in [-0.3, -0.25) is 4.79 Å². The van der Waals surface area contributed by atoms with Crippen LogP contribution in [0.5, 0.6) is 11.6 Å². The first-order chi connectivity index (χ1) is 19.7. The topological polar surface area (TPSA) is 116 Å². The summed E-state index contributed by atoms with van der Waals surface area (Å²) in [5.74, 6) is -2.73. The van der Waals surface area contributed by atoms with Crippen molar-refractivity contribution in [3.05, 3.63) is 53.7 Å². The molecular weight excluding hydrogens is 568 g/mol. The first-order valence-electron chi connectivity index (χ1n) is 13.7. The molecule has 2 aromatic heterocycles. The van der Waals surface area contributed by atoms with Crippen molar-refractivity contribution < 1.29 is 31.5 Å². The summed E-state index contributed by atoms with van der Waals surface area (Å²) in [4.78, 5) is 20.1. The predicted octanol–water partition coefficient (Wildman–Crippen LogP) is 4.90. The van der Waals surface area contributed by atoms with Crippen LogP contribution in [0, 0.1) is 12.3 Å². The fraction of sp³-hybridized carbons (Fsp3) is 0.483. The van der Waals surface area contributed by atoms with Gasteiger partial charge in [-0.15, -0.1) is 5.10 Å². The van der Waals surface area contributed by atoms with Crippen LogP contribution in [0.2, 0.25) is 0 Å². The molecule has 1 aromatic carbocycles. The highest BCUT2D eigenvalue weighted by atomic mass is 32.2. The van der Waals surface area contributed by atoms with E-state index in [0.29, 0.717) is 31.0 Å². The number of carbonyl (C=O) groups is 1. The molecule has 1 saturated carbocycles. The average molecular weight is 604 g/mol. The van der Waals surface area contributed by atoms with Gasteiger partial charge in [0.15, 0.2) is 5.82 Å². The van der Waals surface area contributed by atoms with E-state index in [1.807, 2.05) is 18.7 Å². The lowest BCUT2D eigenvalue weighted by Gasteiger charge is -2.34. The Hall–Kier alpha value is -3.74. The molecule has 5 rings (SSSR count). The number of alkyl halides is 2. The Morgan fingerprint density at radius 2 is 1.88 bits per heavy atom. The summed E-state index contributed by atoms with van der Waals surface area (Å²) in [6.45, 7) is 7.24. The predicted molar refractivity (Wildman–Crippen MR) is 152 cm³/mol. The van der Waals surface area contributed by atoms with Crippen LogP contribution in [0.1, 0.15) is 62.4 Å². The molecule has 0 atom stereocenters. The second-order valence-corrected chi connectivity index (χ2v) is 13.4. The summed E-state index contributed by atoms with van der Waals surface area (Å²) in [5.41, 5.74) is -0.630. The lowest BCUT2D eigenvalue weighted by Crippen LogP contribution is -2.41. The van der Waals surface area contributed by atoms with Gasteiger partial charge in [-0.1, -0.05) is 6.07 Å². The number of rotatable bonds is 10. The molecule has 3 aromatic rings. The van der Waals surface area contributed by atoms with Gasteiger partial charge >= 0.3 is 0 Å². The molecule has 2 aliphatic rings. The van der Waals surface area contributed by atoms with Crippen LogP contribution in [0.4, 0.5) is 14.6 Å². The third-order valence-electron chi connectivity index (χ3n) is 8.18. The maximum atomic E-state index is 13.9. The molecule has 0 bridgehead atoms. The SMILES string of the molecule is COc1cc(C)ccc1S(=O)(=O)NC(=O)c1ccc(-n2ccc(OCC3(C(C)(F)F)CC3)n2)nc1N1CCCC1(C)C. The molecule has 42 heavy (non-hydrogen) atoms. The molecule has 1 saturated heterocycles. The van der Waals surface area contributed by atoms with E-state index < -0.39 is 27.3 Å². The highest BCUT2D eigenvalue weighted by Crippen LogP contribution is 2.56. The third-order valence-corrected chi connectivity index (χ3v) is 9.55. The number of nitrogens with one attached hydrogen (secondary N) is 1. The van der Waals surface area contributed by atoms with E-state index in [-0.39, 0.29) is 34.2 Å². The van der Waals surface area contributed by atoms with Gasteiger partial charge in [0.25, 0.3) is 21.9 Å². The monoisotopic (exact) mass is 603 g/mol. The number of pyridine rings is 1. The maximum Gasteiger partial charge on any atom is 0.268 e. The van der Waals surface area contributed by atoms with Crippen molar-refractivity contribution in [2.75, 3.05) is 25.2 Å². The highest BCUT2D eigenvalue weighted by Gasteiger charge is 2.59. The van der Waals surface area contributed by atoms with Crippen LogP contribution in [0.25, 0.3) is 5.82 Å². The Bertz CT molecular complexity index is 1610. The molecule has 0 unspecified atom stereocenters. The summed E-state index contributed by atoms with van der Waals surface area (Å²) >= 11 is 0. The minimum atomic E-state index is -4.28. The molecule has 1 N–H and O–H groups in total. The number of anilines is 1. The van der Waals surface area contributed by atoms with Gasteiger partial charge in [-0.2, -0.15) is 0 Å². The van der Waals surface area contributed by atoms with Crippen LogP contribution in [-0.4, -0.2) is 60.8 Å². The molecule has 1 amide bonds. The summed E-state index contributed by atoms with van der Waals surface area (Å²) in [6, 6.07) is 9.19. The quantitative estimate of drug-likeness (QED) is 0.348. The molecule has 1 aliphatic heterocycles. The van der Waals surface area contributed by atoms with E-state index >= 15 is 0 Å². The molecule has 226 valence electrons. The number of aryl methyl sites for hydroxylation is 1. The Labute approximate surface area is 244 Å². The molecule has 2 fully saturated rings. The minimum Gasteiger partial charge on any atom is -0.495 e. The van der Waals surface area contributed by atoms with E-state index in [0.717, 1.165) is 25.3 Å². The Balaban J connectivity index is 1.44. The largest absolute Gasteiger partial charge is 0.495 e. The standard InChI is InChI=1S/C29H35F2N5O5S/c1-19-7-9-22(21(17-19)40-5)42(38,39)34-26(37)20-8-10-23(32-25(20)35-15-6-12-27(35,2)3)36-16-11-24(33-36)41-18-29(13-14-29)28(4,30)31/h7-11,16-17H,6,12-15,18H2,1-5H3,(H,34,37). The van der Waals surface area contributed by atoms with Crippen LogP contribution in [-0.2, 0) is 10.0 Å². The Kier molecular flexibility index (Phi) is 7.45. The van der Waals surface area contributed by atoms with E-state index in [9.17, 15) is 22.0 Å². The molecule has 10 nitrogen and oxygen atoms in total. The van der Waals surface area contributed by atoms with Crippen LogP contribution in [0.3, 0.4) is 0 Å². The number of hydrogen-bond acceptors (Lipinski definition) is 8. The van der Waals surface area contributed by atoms with Gasteiger partial charge in [0, 0.05) is 31.3 Å². The zero-order valence-corrected chi connectivity index (χ0v) is 25.1. The van der Waals surface area contributed by atoms with Crippen molar-refractivity contribution in [1.29, 1.82) is 0 Å². The number of aromatic nitrogens is 3. The number of amides is 1. The number of benzene rings is 1. The zero-order valence-electron chi connectivity index (χ0n) is 24.3. The van der Waals surface area contributed by atoms with Crippen molar-refractivity contribution >= 4 is 21.7 Å². The van der Waals surface area contributed by atoms with Gasteiger partial charge in [-0.05, 0) is 76.3 Å². The lowest BCUT2D eigenvalue weighted by atomic mass is 10.0. The number of halogens is 2. The van der Waals surface area contributed by atoms with Gasteiger partial charge in [0.05, 0.1) is 18.1 Å². The molecule has 3 heterocycles. The number of sulfonamides is 1. The summed E-state index contributed by atoms with van der Waals surface area (Å²) in [5, 5.41) is 4.36. The molecular formula is C29H35F2N5O5S. The number of hydrogen-bond donors (Lipinski definition) is 1. The summed E-state index contributed by atoms with van der Waals surface area (Å²) in [6.07, 6.45) is 4.09. The number of carbonyl (C=O) groups excluding carboxylic acids is 1. The average Bonchev–Trinajstić information content (AvgIpc) is 3.44. The summed E-state index contributed by atoms with van der Waals surface area (Å²) < 4.78 is 68.8. The zero-order chi connectivity index (χ0) is 30.5. The van der Waals surface area contributed by atoms with Crippen LogP contribution in [0.15, 0.2) is 47.5 Å². The van der Waals surface area contributed by atoms with E-state index in [1.165, 1.54) is 23.9 Å². The molecule has 1 aliphatic carbocycles. The smallest absolute Gasteiger partial charge is 0.268 e. The van der Waals surface area contributed by atoms with Crippen molar-refractivity contribution in [3.8, 4) is 17.4 Å². The van der Waals surface area contributed by atoms with Gasteiger partial charge in [0.2, 0.25) is 5.88 Å². The van der Waals surface area contributed by atoms with Gasteiger partial charge in [0.1, 0.15) is 23.1 Å².